The lowest BCUT2D eigenvalue weighted by Crippen LogP contribution is -2.53. The molecule has 0 aromatic carbocycles. The minimum atomic E-state index is -0.415. The van der Waals surface area contributed by atoms with Gasteiger partial charge in [-0.25, -0.2) is 0 Å². The van der Waals surface area contributed by atoms with E-state index >= 15 is 0 Å². The fourth-order valence-electron chi connectivity index (χ4n) is 2.63. The Balaban J connectivity index is 2.61. The normalized spacial score (nSPS) is 30.4. The van der Waals surface area contributed by atoms with E-state index in [0.29, 0.717) is 6.61 Å². The number of ether oxygens (including phenoxy) is 1. The van der Waals surface area contributed by atoms with Gasteiger partial charge in [0.25, 0.3) is 0 Å². The number of esters is 1. The first kappa shape index (κ1) is 13.5. The second-order valence-corrected chi connectivity index (χ2v) is 5.13. The first-order valence-corrected chi connectivity index (χ1v) is 6.42. The van der Waals surface area contributed by atoms with Crippen molar-refractivity contribution in [2.75, 3.05) is 13.7 Å². The molecule has 1 aliphatic carbocycles. The van der Waals surface area contributed by atoms with Crippen LogP contribution in [-0.4, -0.2) is 25.2 Å². The maximum absolute atomic E-state index is 11.9. The number of carbonyl (C=O) groups is 1. The molecule has 3 nitrogen and oxygen atoms in total. The largest absolute Gasteiger partial charge is 0.465 e. The van der Waals surface area contributed by atoms with Crippen LogP contribution in [0.15, 0.2) is 0 Å². The van der Waals surface area contributed by atoms with Crippen molar-refractivity contribution < 1.29 is 9.53 Å². The second-order valence-electron chi connectivity index (χ2n) is 5.13. The number of hydrogen-bond donors (Lipinski definition) is 1. The minimum absolute atomic E-state index is 0.0697. The lowest BCUT2D eigenvalue weighted by Gasteiger charge is -2.39. The SMILES string of the molecule is CCOC(=O)C1(NC)CCC(C(C)C)CC1. The molecule has 94 valence electrons. The Labute approximate surface area is 98.9 Å². The highest BCUT2D eigenvalue weighted by atomic mass is 16.5. The summed E-state index contributed by atoms with van der Waals surface area (Å²) in [6.07, 6.45) is 4.06. The minimum Gasteiger partial charge on any atom is -0.465 e. The highest BCUT2D eigenvalue weighted by Crippen LogP contribution is 2.36. The lowest BCUT2D eigenvalue weighted by atomic mass is 9.73. The maximum Gasteiger partial charge on any atom is 0.326 e. The van der Waals surface area contributed by atoms with Gasteiger partial charge < -0.3 is 10.1 Å². The van der Waals surface area contributed by atoms with Crippen LogP contribution in [0.5, 0.6) is 0 Å². The van der Waals surface area contributed by atoms with Crippen molar-refractivity contribution in [3.8, 4) is 0 Å². The van der Waals surface area contributed by atoms with Gasteiger partial charge in [-0.05, 0) is 51.5 Å². The van der Waals surface area contributed by atoms with Crippen LogP contribution in [0.4, 0.5) is 0 Å². The van der Waals surface area contributed by atoms with E-state index in [2.05, 4.69) is 19.2 Å². The van der Waals surface area contributed by atoms with Gasteiger partial charge in [0.2, 0.25) is 0 Å². The summed E-state index contributed by atoms with van der Waals surface area (Å²) in [6.45, 7) is 6.86. The Morgan fingerprint density at radius 2 is 2.00 bits per heavy atom. The molecule has 0 heterocycles. The number of likely N-dealkylation sites (N-methyl/N-ethyl adjacent to an activating group) is 1. The molecular formula is C13H25NO2. The number of hydrogen-bond acceptors (Lipinski definition) is 3. The lowest BCUT2D eigenvalue weighted by molar-refractivity contribution is -0.153. The molecule has 1 rings (SSSR count). The van der Waals surface area contributed by atoms with Crippen LogP contribution in [0.1, 0.15) is 46.5 Å². The molecule has 0 atom stereocenters. The molecule has 1 saturated carbocycles. The molecular weight excluding hydrogens is 202 g/mol. The Kier molecular flexibility index (Phi) is 4.78. The first-order valence-electron chi connectivity index (χ1n) is 6.42. The summed E-state index contributed by atoms with van der Waals surface area (Å²) in [5.74, 6) is 1.41. The van der Waals surface area contributed by atoms with Crippen molar-refractivity contribution in [2.24, 2.45) is 11.8 Å². The van der Waals surface area contributed by atoms with Crippen LogP contribution in [0.25, 0.3) is 0 Å². The number of carbonyl (C=O) groups excluding carboxylic acids is 1. The molecule has 3 heteroatoms. The van der Waals surface area contributed by atoms with Crippen LogP contribution in [-0.2, 0) is 9.53 Å². The van der Waals surface area contributed by atoms with Crippen LogP contribution >= 0.6 is 0 Å². The standard InChI is InChI=1S/C13H25NO2/c1-5-16-12(15)13(14-4)8-6-11(7-9-13)10(2)3/h10-11,14H,5-9H2,1-4H3. The van der Waals surface area contributed by atoms with Crippen molar-refractivity contribution >= 4 is 5.97 Å². The van der Waals surface area contributed by atoms with Gasteiger partial charge in [-0.15, -0.1) is 0 Å². The zero-order valence-corrected chi connectivity index (χ0v) is 11.0. The van der Waals surface area contributed by atoms with Crippen molar-refractivity contribution in [3.63, 3.8) is 0 Å². The second kappa shape index (κ2) is 5.67. The van der Waals surface area contributed by atoms with E-state index in [4.69, 9.17) is 4.74 Å². The zero-order chi connectivity index (χ0) is 12.2. The van der Waals surface area contributed by atoms with Crippen molar-refractivity contribution in [1.29, 1.82) is 0 Å². The van der Waals surface area contributed by atoms with E-state index in [1.807, 2.05) is 14.0 Å². The van der Waals surface area contributed by atoms with E-state index < -0.39 is 5.54 Å². The maximum atomic E-state index is 11.9. The molecule has 1 N–H and O–H groups in total. The average Bonchev–Trinajstić information content (AvgIpc) is 2.29. The van der Waals surface area contributed by atoms with Crippen LogP contribution in [0.2, 0.25) is 0 Å². The van der Waals surface area contributed by atoms with Crippen molar-refractivity contribution in [2.45, 2.75) is 52.0 Å². The van der Waals surface area contributed by atoms with Crippen molar-refractivity contribution in [1.82, 2.24) is 5.32 Å². The predicted octanol–water partition coefficient (Wildman–Crippen LogP) is 2.35. The molecule has 16 heavy (non-hydrogen) atoms. The van der Waals surface area contributed by atoms with E-state index in [1.54, 1.807) is 0 Å². The Bertz CT molecular complexity index is 230. The third-order valence-corrected chi connectivity index (χ3v) is 3.97. The smallest absolute Gasteiger partial charge is 0.326 e. The van der Waals surface area contributed by atoms with Gasteiger partial charge in [0.15, 0.2) is 0 Å². The molecule has 0 amide bonds. The van der Waals surface area contributed by atoms with Gasteiger partial charge in [-0.2, -0.15) is 0 Å². The molecule has 0 saturated heterocycles. The summed E-state index contributed by atoms with van der Waals surface area (Å²) >= 11 is 0. The van der Waals surface area contributed by atoms with Gasteiger partial charge in [0.1, 0.15) is 5.54 Å². The average molecular weight is 227 g/mol. The molecule has 1 fully saturated rings. The molecule has 1 aliphatic rings. The fourth-order valence-corrected chi connectivity index (χ4v) is 2.63. The highest BCUT2D eigenvalue weighted by Gasteiger charge is 2.42. The third kappa shape index (κ3) is 2.76. The summed E-state index contributed by atoms with van der Waals surface area (Å²) in [6, 6.07) is 0. The van der Waals surface area contributed by atoms with Gasteiger partial charge in [0, 0.05) is 0 Å². The molecule has 0 spiro atoms. The summed E-state index contributed by atoms with van der Waals surface area (Å²) < 4.78 is 5.17. The summed E-state index contributed by atoms with van der Waals surface area (Å²) in [4.78, 5) is 11.9. The van der Waals surface area contributed by atoms with Crippen LogP contribution in [0, 0.1) is 11.8 Å². The van der Waals surface area contributed by atoms with E-state index in [-0.39, 0.29) is 5.97 Å². The van der Waals surface area contributed by atoms with E-state index in [9.17, 15) is 4.79 Å². The highest BCUT2D eigenvalue weighted by molar-refractivity contribution is 5.81. The van der Waals surface area contributed by atoms with Crippen molar-refractivity contribution in [3.05, 3.63) is 0 Å². The van der Waals surface area contributed by atoms with Gasteiger partial charge >= 0.3 is 5.97 Å². The first-order chi connectivity index (χ1) is 7.55. The topological polar surface area (TPSA) is 38.3 Å². The fraction of sp³-hybridized carbons (Fsp3) is 0.923. The summed E-state index contributed by atoms with van der Waals surface area (Å²) in [5, 5.41) is 3.19. The third-order valence-electron chi connectivity index (χ3n) is 3.97. The Morgan fingerprint density at radius 1 is 1.44 bits per heavy atom. The Hall–Kier alpha value is -0.570. The quantitative estimate of drug-likeness (QED) is 0.749. The summed E-state index contributed by atoms with van der Waals surface area (Å²) in [5.41, 5.74) is -0.415. The van der Waals surface area contributed by atoms with Gasteiger partial charge in [-0.1, -0.05) is 13.8 Å². The van der Waals surface area contributed by atoms with Crippen LogP contribution < -0.4 is 5.32 Å². The Morgan fingerprint density at radius 3 is 2.38 bits per heavy atom. The molecule has 0 bridgehead atoms. The number of rotatable bonds is 4. The van der Waals surface area contributed by atoms with Crippen LogP contribution in [0.3, 0.4) is 0 Å². The zero-order valence-electron chi connectivity index (χ0n) is 11.0. The molecule has 0 aliphatic heterocycles. The summed E-state index contributed by atoms with van der Waals surface area (Å²) in [7, 11) is 1.87. The monoisotopic (exact) mass is 227 g/mol. The molecule has 0 aromatic rings. The molecule has 0 aromatic heterocycles. The number of nitrogens with one attached hydrogen (secondary N) is 1. The van der Waals surface area contributed by atoms with E-state index in [0.717, 1.165) is 37.5 Å². The predicted molar refractivity (Wildman–Crippen MR) is 65.2 cm³/mol. The molecule has 0 radical (unpaired) electrons. The van der Waals surface area contributed by atoms with Gasteiger partial charge in [0.05, 0.1) is 6.61 Å². The van der Waals surface area contributed by atoms with E-state index in [1.165, 1.54) is 0 Å². The van der Waals surface area contributed by atoms with Gasteiger partial charge in [-0.3, -0.25) is 4.79 Å². The molecule has 0 unspecified atom stereocenters.